The molecule has 0 bridgehead atoms. The van der Waals surface area contributed by atoms with E-state index in [0.29, 0.717) is 43.0 Å². The van der Waals surface area contributed by atoms with E-state index in [4.69, 9.17) is 15.2 Å². The van der Waals surface area contributed by atoms with E-state index >= 15 is 0 Å². The lowest BCUT2D eigenvalue weighted by Gasteiger charge is -2.40. The maximum absolute atomic E-state index is 13.5. The van der Waals surface area contributed by atoms with E-state index < -0.39 is 11.3 Å². The van der Waals surface area contributed by atoms with Crippen molar-refractivity contribution in [1.82, 2.24) is 14.8 Å². The lowest BCUT2D eigenvalue weighted by atomic mass is 9.76. The van der Waals surface area contributed by atoms with Crippen LogP contribution in [0.3, 0.4) is 0 Å². The Hall–Kier alpha value is -2.97. The third kappa shape index (κ3) is 4.76. The number of hydrogen-bond donors (Lipinski definition) is 1. The molecule has 2 aliphatic rings. The summed E-state index contributed by atoms with van der Waals surface area (Å²) in [5.74, 6) is -0.0594. The third-order valence-electron chi connectivity index (χ3n) is 6.29. The van der Waals surface area contributed by atoms with Gasteiger partial charge in [0, 0.05) is 38.9 Å². The molecule has 32 heavy (non-hydrogen) atoms. The van der Waals surface area contributed by atoms with E-state index in [9.17, 15) is 9.59 Å². The van der Waals surface area contributed by atoms with Crippen molar-refractivity contribution in [2.75, 3.05) is 52.5 Å². The fraction of sp³-hybridized carbons (Fsp3) is 0.458. The molecule has 2 aromatic rings. The van der Waals surface area contributed by atoms with Gasteiger partial charge in [-0.2, -0.15) is 0 Å². The van der Waals surface area contributed by atoms with Gasteiger partial charge in [-0.1, -0.05) is 18.2 Å². The van der Waals surface area contributed by atoms with Gasteiger partial charge in [0.1, 0.15) is 17.8 Å². The maximum Gasteiger partial charge on any atom is 0.257 e. The first kappa shape index (κ1) is 22.2. The molecule has 2 amide bonds. The van der Waals surface area contributed by atoms with E-state index in [2.05, 4.69) is 9.88 Å². The van der Waals surface area contributed by atoms with Gasteiger partial charge in [-0.25, -0.2) is 0 Å². The number of para-hydroxylation sites is 1. The minimum atomic E-state index is -0.985. The van der Waals surface area contributed by atoms with Gasteiger partial charge in [-0.3, -0.25) is 19.5 Å². The summed E-state index contributed by atoms with van der Waals surface area (Å²) in [4.78, 5) is 34.4. The molecule has 8 nitrogen and oxygen atoms in total. The second kappa shape index (κ2) is 10.1. The van der Waals surface area contributed by atoms with Crippen LogP contribution in [0.4, 0.5) is 0 Å². The van der Waals surface area contributed by atoms with Crippen LogP contribution in [-0.2, 0) is 14.9 Å². The summed E-state index contributed by atoms with van der Waals surface area (Å²) in [5.41, 5.74) is 5.97. The van der Waals surface area contributed by atoms with Crippen molar-refractivity contribution >= 4 is 11.8 Å². The number of nitrogens with zero attached hydrogens (tertiary/aromatic N) is 3. The number of benzene rings is 1. The molecule has 4 rings (SSSR count). The number of nitrogens with two attached hydrogens (primary N) is 1. The number of rotatable bonds is 7. The molecule has 2 N–H and O–H groups in total. The SMILES string of the molecule is NC(=O)C1(c2ccccn2)CCCN(C(=O)c2ccccc2OCCN2CCOCC2)C1. The predicted molar refractivity (Wildman–Crippen MR) is 119 cm³/mol. The zero-order valence-corrected chi connectivity index (χ0v) is 18.2. The molecule has 0 saturated carbocycles. The molecule has 1 unspecified atom stereocenters. The summed E-state index contributed by atoms with van der Waals surface area (Å²) < 4.78 is 11.4. The molecule has 3 heterocycles. The zero-order chi connectivity index (χ0) is 22.4. The number of pyridine rings is 1. The third-order valence-corrected chi connectivity index (χ3v) is 6.29. The largest absolute Gasteiger partial charge is 0.491 e. The Kier molecular flexibility index (Phi) is 7.02. The Balaban J connectivity index is 1.48. The highest BCUT2D eigenvalue weighted by Gasteiger charge is 2.45. The fourth-order valence-electron chi connectivity index (χ4n) is 4.46. The van der Waals surface area contributed by atoms with Gasteiger partial charge in [-0.05, 0) is 37.1 Å². The molecule has 1 aromatic heterocycles. The van der Waals surface area contributed by atoms with Crippen LogP contribution in [0.2, 0.25) is 0 Å². The zero-order valence-electron chi connectivity index (χ0n) is 18.2. The monoisotopic (exact) mass is 438 g/mol. The first-order valence-corrected chi connectivity index (χ1v) is 11.1. The molecule has 2 aliphatic heterocycles. The summed E-state index contributed by atoms with van der Waals surface area (Å²) in [6.45, 7) is 5.29. The number of morpholine rings is 1. The van der Waals surface area contributed by atoms with E-state index in [1.807, 2.05) is 24.3 Å². The summed E-state index contributed by atoms with van der Waals surface area (Å²) >= 11 is 0. The molecule has 170 valence electrons. The molecular formula is C24H30N4O4. The van der Waals surface area contributed by atoms with Gasteiger partial charge < -0.3 is 20.1 Å². The molecule has 0 radical (unpaired) electrons. The second-order valence-corrected chi connectivity index (χ2v) is 8.29. The van der Waals surface area contributed by atoms with Crippen molar-refractivity contribution in [2.24, 2.45) is 5.73 Å². The summed E-state index contributed by atoms with van der Waals surface area (Å²) in [5, 5.41) is 0. The molecule has 0 spiro atoms. The number of carbonyl (C=O) groups is 2. The Morgan fingerprint density at radius 2 is 1.88 bits per heavy atom. The predicted octanol–water partition coefficient (Wildman–Crippen LogP) is 1.45. The number of aromatic nitrogens is 1. The van der Waals surface area contributed by atoms with E-state index in [1.54, 1.807) is 29.3 Å². The Bertz CT molecular complexity index is 933. The van der Waals surface area contributed by atoms with Gasteiger partial charge in [-0.15, -0.1) is 0 Å². The topological polar surface area (TPSA) is 98.0 Å². The van der Waals surface area contributed by atoms with Gasteiger partial charge in [0.25, 0.3) is 5.91 Å². The molecule has 8 heteroatoms. The molecule has 2 saturated heterocycles. The first-order chi connectivity index (χ1) is 15.6. The van der Waals surface area contributed by atoms with Crippen molar-refractivity contribution in [3.05, 3.63) is 59.9 Å². The number of likely N-dealkylation sites (tertiary alicyclic amines) is 1. The Morgan fingerprint density at radius 3 is 2.62 bits per heavy atom. The van der Waals surface area contributed by atoms with Crippen molar-refractivity contribution in [3.63, 3.8) is 0 Å². The van der Waals surface area contributed by atoms with Crippen molar-refractivity contribution in [3.8, 4) is 5.75 Å². The Labute approximate surface area is 188 Å². The van der Waals surface area contributed by atoms with Gasteiger partial charge in [0.15, 0.2) is 0 Å². The number of piperidine rings is 1. The highest BCUT2D eigenvalue weighted by atomic mass is 16.5. The summed E-state index contributed by atoms with van der Waals surface area (Å²) in [7, 11) is 0. The van der Waals surface area contributed by atoms with Crippen LogP contribution in [0.25, 0.3) is 0 Å². The Morgan fingerprint density at radius 1 is 1.09 bits per heavy atom. The summed E-state index contributed by atoms with van der Waals surface area (Å²) in [6.07, 6.45) is 2.89. The van der Waals surface area contributed by atoms with Crippen LogP contribution in [0.1, 0.15) is 28.9 Å². The quantitative estimate of drug-likeness (QED) is 0.703. The standard InChI is InChI=1S/C24H30N4O4/c25-23(30)24(21-8-3-4-10-26-21)9-5-11-28(18-24)22(29)19-6-1-2-7-20(19)32-17-14-27-12-15-31-16-13-27/h1-4,6-8,10H,5,9,11-18H2,(H2,25,30). The van der Waals surface area contributed by atoms with Crippen LogP contribution in [0.5, 0.6) is 5.75 Å². The summed E-state index contributed by atoms with van der Waals surface area (Å²) in [6, 6.07) is 12.7. The molecule has 1 atom stereocenters. The average molecular weight is 439 g/mol. The lowest BCUT2D eigenvalue weighted by molar-refractivity contribution is -0.125. The number of amides is 2. The van der Waals surface area contributed by atoms with E-state index in [1.165, 1.54) is 0 Å². The maximum atomic E-state index is 13.5. The molecular weight excluding hydrogens is 408 g/mol. The average Bonchev–Trinajstić information content (AvgIpc) is 2.85. The van der Waals surface area contributed by atoms with E-state index in [-0.39, 0.29) is 12.5 Å². The van der Waals surface area contributed by atoms with Gasteiger partial charge in [0.2, 0.25) is 5.91 Å². The number of hydrogen-bond acceptors (Lipinski definition) is 6. The van der Waals surface area contributed by atoms with Crippen LogP contribution < -0.4 is 10.5 Å². The highest BCUT2D eigenvalue weighted by Crippen LogP contribution is 2.34. The number of primary amides is 1. The molecule has 0 aliphatic carbocycles. The van der Waals surface area contributed by atoms with Gasteiger partial charge in [0.05, 0.1) is 24.5 Å². The van der Waals surface area contributed by atoms with Crippen LogP contribution in [-0.4, -0.2) is 79.1 Å². The van der Waals surface area contributed by atoms with Crippen LogP contribution in [0.15, 0.2) is 48.7 Å². The fourth-order valence-corrected chi connectivity index (χ4v) is 4.46. The first-order valence-electron chi connectivity index (χ1n) is 11.1. The van der Waals surface area contributed by atoms with Crippen LogP contribution in [0, 0.1) is 0 Å². The molecule has 2 fully saturated rings. The molecule has 1 aromatic carbocycles. The minimum absolute atomic E-state index is 0.159. The van der Waals surface area contributed by atoms with Gasteiger partial charge >= 0.3 is 0 Å². The number of ether oxygens (including phenoxy) is 2. The smallest absolute Gasteiger partial charge is 0.257 e. The second-order valence-electron chi connectivity index (χ2n) is 8.29. The minimum Gasteiger partial charge on any atom is -0.491 e. The van der Waals surface area contributed by atoms with Crippen molar-refractivity contribution in [2.45, 2.75) is 18.3 Å². The van der Waals surface area contributed by atoms with Crippen molar-refractivity contribution < 1.29 is 19.1 Å². The highest BCUT2D eigenvalue weighted by molar-refractivity contribution is 5.98. The lowest BCUT2D eigenvalue weighted by Crippen LogP contribution is -2.55. The normalized spacial score (nSPS) is 21.8. The van der Waals surface area contributed by atoms with Crippen LogP contribution >= 0.6 is 0 Å². The number of carbonyl (C=O) groups excluding carboxylic acids is 2. The van der Waals surface area contributed by atoms with E-state index in [0.717, 1.165) is 32.8 Å². The van der Waals surface area contributed by atoms with Crippen molar-refractivity contribution in [1.29, 1.82) is 0 Å².